The molecule has 0 aliphatic heterocycles. The average Bonchev–Trinajstić information content (AvgIpc) is 2.44. The summed E-state index contributed by atoms with van der Waals surface area (Å²) in [4.78, 5) is 0. The Hall–Kier alpha value is -1.28. The molecule has 2 N–H and O–H groups in total. The standard InChI is InChI=1S/C14H20N2/c1-9-6-5-7-12-13(8-10(2)15)11(3)16(4)14(9)12/h5-7,10H,8,15H2,1-4H3. The summed E-state index contributed by atoms with van der Waals surface area (Å²) in [5.41, 5.74) is 11.3. The summed E-state index contributed by atoms with van der Waals surface area (Å²) in [6.45, 7) is 6.41. The van der Waals surface area contributed by atoms with Crippen LogP contribution in [-0.2, 0) is 13.5 Å². The molecule has 1 atom stereocenters. The number of hydrogen-bond acceptors (Lipinski definition) is 1. The number of fused-ring (bicyclic) bond motifs is 1. The van der Waals surface area contributed by atoms with Crippen LogP contribution in [0.5, 0.6) is 0 Å². The molecule has 1 aromatic carbocycles. The molecule has 0 aliphatic rings. The van der Waals surface area contributed by atoms with Crippen molar-refractivity contribution in [2.45, 2.75) is 33.2 Å². The van der Waals surface area contributed by atoms with Gasteiger partial charge < -0.3 is 10.3 Å². The summed E-state index contributed by atoms with van der Waals surface area (Å²) in [6.07, 6.45) is 0.951. The molecule has 86 valence electrons. The maximum absolute atomic E-state index is 5.92. The number of aromatic nitrogens is 1. The molecule has 0 radical (unpaired) electrons. The van der Waals surface area contributed by atoms with Gasteiger partial charge in [-0.1, -0.05) is 18.2 Å². The van der Waals surface area contributed by atoms with E-state index in [0.717, 1.165) is 6.42 Å². The Morgan fingerprint density at radius 3 is 2.62 bits per heavy atom. The third-order valence-electron chi connectivity index (χ3n) is 3.36. The smallest absolute Gasteiger partial charge is 0.0512 e. The molecule has 1 unspecified atom stereocenters. The lowest BCUT2D eigenvalue weighted by Gasteiger charge is -2.05. The SMILES string of the molecule is Cc1cccc2c(CC(C)N)c(C)n(C)c12. The van der Waals surface area contributed by atoms with Gasteiger partial charge >= 0.3 is 0 Å². The second kappa shape index (κ2) is 3.95. The fraction of sp³-hybridized carbons (Fsp3) is 0.429. The van der Waals surface area contributed by atoms with Gasteiger partial charge in [0.2, 0.25) is 0 Å². The molecule has 0 fully saturated rings. The fourth-order valence-electron chi connectivity index (χ4n) is 2.49. The van der Waals surface area contributed by atoms with Crippen LogP contribution < -0.4 is 5.73 Å². The van der Waals surface area contributed by atoms with E-state index in [2.05, 4.69) is 50.6 Å². The monoisotopic (exact) mass is 216 g/mol. The van der Waals surface area contributed by atoms with Crippen molar-refractivity contribution in [1.82, 2.24) is 4.57 Å². The summed E-state index contributed by atoms with van der Waals surface area (Å²) in [6, 6.07) is 6.71. The summed E-state index contributed by atoms with van der Waals surface area (Å²) in [5, 5.41) is 1.36. The highest BCUT2D eigenvalue weighted by atomic mass is 14.9. The normalized spacial score (nSPS) is 13.3. The minimum atomic E-state index is 0.213. The predicted octanol–water partition coefficient (Wildman–Crippen LogP) is 2.68. The van der Waals surface area contributed by atoms with Crippen LogP contribution in [0.25, 0.3) is 10.9 Å². The lowest BCUT2D eigenvalue weighted by atomic mass is 10.0. The Morgan fingerprint density at radius 2 is 2.00 bits per heavy atom. The molecule has 0 saturated carbocycles. The fourth-order valence-corrected chi connectivity index (χ4v) is 2.49. The van der Waals surface area contributed by atoms with E-state index in [1.54, 1.807) is 0 Å². The maximum Gasteiger partial charge on any atom is 0.0512 e. The molecule has 16 heavy (non-hydrogen) atoms. The number of aryl methyl sites for hydroxylation is 2. The molecule has 0 saturated heterocycles. The van der Waals surface area contributed by atoms with Crippen LogP contribution in [-0.4, -0.2) is 10.6 Å². The van der Waals surface area contributed by atoms with Gasteiger partial charge in [0.1, 0.15) is 0 Å². The summed E-state index contributed by atoms with van der Waals surface area (Å²) in [7, 11) is 2.13. The van der Waals surface area contributed by atoms with Crippen molar-refractivity contribution in [3.8, 4) is 0 Å². The number of nitrogens with two attached hydrogens (primary N) is 1. The minimum absolute atomic E-state index is 0.213. The van der Waals surface area contributed by atoms with Crippen LogP contribution in [0, 0.1) is 13.8 Å². The van der Waals surface area contributed by atoms with E-state index < -0.39 is 0 Å². The molecular formula is C14H20N2. The van der Waals surface area contributed by atoms with E-state index in [0.29, 0.717) is 0 Å². The first-order valence-corrected chi connectivity index (χ1v) is 5.81. The highest BCUT2D eigenvalue weighted by Gasteiger charge is 2.13. The second-order valence-electron chi connectivity index (χ2n) is 4.78. The van der Waals surface area contributed by atoms with E-state index >= 15 is 0 Å². The number of nitrogens with zero attached hydrogens (tertiary/aromatic N) is 1. The van der Waals surface area contributed by atoms with Crippen molar-refractivity contribution in [1.29, 1.82) is 0 Å². The summed E-state index contributed by atoms with van der Waals surface area (Å²) < 4.78 is 2.28. The van der Waals surface area contributed by atoms with Crippen LogP contribution in [0.1, 0.15) is 23.7 Å². The van der Waals surface area contributed by atoms with Gasteiger partial charge in [0, 0.05) is 24.2 Å². The van der Waals surface area contributed by atoms with E-state index in [4.69, 9.17) is 5.73 Å². The third kappa shape index (κ3) is 1.63. The van der Waals surface area contributed by atoms with Crippen molar-refractivity contribution >= 4 is 10.9 Å². The van der Waals surface area contributed by atoms with E-state index in [9.17, 15) is 0 Å². The lowest BCUT2D eigenvalue weighted by Crippen LogP contribution is -2.18. The van der Waals surface area contributed by atoms with Crippen LogP contribution in [0.3, 0.4) is 0 Å². The van der Waals surface area contributed by atoms with Gasteiger partial charge in [-0.2, -0.15) is 0 Å². The van der Waals surface area contributed by atoms with Crippen molar-refractivity contribution in [2.75, 3.05) is 0 Å². The van der Waals surface area contributed by atoms with Gasteiger partial charge in [0.25, 0.3) is 0 Å². The molecule has 2 aromatic rings. The van der Waals surface area contributed by atoms with Crippen LogP contribution in [0.2, 0.25) is 0 Å². The molecule has 2 heteroatoms. The molecule has 0 bridgehead atoms. The topological polar surface area (TPSA) is 30.9 Å². The Balaban J connectivity index is 2.74. The lowest BCUT2D eigenvalue weighted by molar-refractivity contribution is 0.732. The van der Waals surface area contributed by atoms with Crippen LogP contribution >= 0.6 is 0 Å². The molecule has 1 heterocycles. The zero-order valence-corrected chi connectivity index (χ0v) is 10.5. The first kappa shape index (κ1) is 11.2. The van der Waals surface area contributed by atoms with Crippen molar-refractivity contribution < 1.29 is 0 Å². The molecule has 0 amide bonds. The predicted molar refractivity (Wildman–Crippen MR) is 69.7 cm³/mol. The number of benzene rings is 1. The molecule has 2 nitrogen and oxygen atoms in total. The Kier molecular flexibility index (Phi) is 2.76. The molecular weight excluding hydrogens is 196 g/mol. The van der Waals surface area contributed by atoms with E-state index in [-0.39, 0.29) is 6.04 Å². The van der Waals surface area contributed by atoms with E-state index in [1.165, 1.54) is 27.7 Å². The molecule has 0 spiro atoms. The Bertz CT molecular complexity index is 521. The number of hydrogen-bond donors (Lipinski definition) is 1. The van der Waals surface area contributed by atoms with E-state index in [1.807, 2.05) is 0 Å². The Morgan fingerprint density at radius 1 is 1.31 bits per heavy atom. The average molecular weight is 216 g/mol. The van der Waals surface area contributed by atoms with Crippen molar-refractivity contribution in [3.63, 3.8) is 0 Å². The van der Waals surface area contributed by atoms with Crippen LogP contribution in [0.4, 0.5) is 0 Å². The van der Waals surface area contributed by atoms with Gasteiger partial charge in [-0.05, 0) is 38.3 Å². The summed E-state index contributed by atoms with van der Waals surface area (Å²) >= 11 is 0. The van der Waals surface area contributed by atoms with Gasteiger partial charge in [-0.15, -0.1) is 0 Å². The van der Waals surface area contributed by atoms with Gasteiger partial charge in [0.05, 0.1) is 5.52 Å². The van der Waals surface area contributed by atoms with Crippen LogP contribution in [0.15, 0.2) is 18.2 Å². The zero-order chi connectivity index (χ0) is 11.9. The molecule has 1 aromatic heterocycles. The maximum atomic E-state index is 5.92. The number of rotatable bonds is 2. The Labute approximate surface area is 97.1 Å². The minimum Gasteiger partial charge on any atom is -0.347 e. The number of para-hydroxylation sites is 1. The second-order valence-corrected chi connectivity index (χ2v) is 4.78. The first-order chi connectivity index (χ1) is 7.52. The van der Waals surface area contributed by atoms with Crippen molar-refractivity contribution in [2.24, 2.45) is 12.8 Å². The summed E-state index contributed by atoms with van der Waals surface area (Å²) in [5.74, 6) is 0. The quantitative estimate of drug-likeness (QED) is 0.822. The van der Waals surface area contributed by atoms with Crippen molar-refractivity contribution in [3.05, 3.63) is 35.0 Å². The zero-order valence-electron chi connectivity index (χ0n) is 10.5. The van der Waals surface area contributed by atoms with Gasteiger partial charge in [0.15, 0.2) is 0 Å². The molecule has 0 aliphatic carbocycles. The van der Waals surface area contributed by atoms with Gasteiger partial charge in [-0.3, -0.25) is 0 Å². The largest absolute Gasteiger partial charge is 0.347 e. The van der Waals surface area contributed by atoms with Gasteiger partial charge in [-0.25, -0.2) is 0 Å². The highest BCUT2D eigenvalue weighted by Crippen LogP contribution is 2.28. The third-order valence-corrected chi connectivity index (χ3v) is 3.36. The highest BCUT2D eigenvalue weighted by molar-refractivity contribution is 5.88. The first-order valence-electron chi connectivity index (χ1n) is 5.81. The molecule has 2 rings (SSSR count).